The van der Waals surface area contributed by atoms with Gasteiger partial charge in [-0.15, -0.1) is 0 Å². The van der Waals surface area contributed by atoms with E-state index in [1.165, 1.54) is 0 Å². The number of methoxy groups -OCH3 is 1. The van der Waals surface area contributed by atoms with Gasteiger partial charge in [0, 0.05) is 14.2 Å². The second-order valence-electron chi connectivity index (χ2n) is 2.30. The molecule has 2 N–H and O–H groups in total. The minimum atomic E-state index is -0.341. The highest BCUT2D eigenvalue weighted by atomic mass is 16.7. The summed E-state index contributed by atoms with van der Waals surface area (Å²) in [5.41, 5.74) is 2.58. The van der Waals surface area contributed by atoms with E-state index in [1.807, 2.05) is 0 Å². The number of amides is 1. The third kappa shape index (κ3) is 5.06. The van der Waals surface area contributed by atoms with Crippen molar-refractivity contribution in [2.75, 3.05) is 27.4 Å². The Balaban J connectivity index is 3.31. The van der Waals surface area contributed by atoms with E-state index in [9.17, 15) is 4.79 Å². The lowest BCUT2D eigenvalue weighted by Crippen LogP contribution is -2.40. The minimum Gasteiger partial charge on any atom is -0.382 e. The van der Waals surface area contributed by atoms with Crippen LogP contribution in [0.25, 0.3) is 0 Å². The highest BCUT2D eigenvalue weighted by Crippen LogP contribution is 1.81. The smallest absolute Gasteiger partial charge is 0.238 e. The standard InChI is InChI=1S/C7H16N2O3/c1-6(7(10)8-2)9-12-5-4-11-3/h6,9H,4-5H2,1-3H3,(H,8,10). The largest absolute Gasteiger partial charge is 0.382 e. The molecular weight excluding hydrogens is 160 g/mol. The van der Waals surface area contributed by atoms with Gasteiger partial charge in [-0.3, -0.25) is 9.63 Å². The number of hydroxylamine groups is 1. The van der Waals surface area contributed by atoms with Gasteiger partial charge in [0.25, 0.3) is 0 Å². The van der Waals surface area contributed by atoms with E-state index in [0.717, 1.165) is 0 Å². The van der Waals surface area contributed by atoms with Crippen molar-refractivity contribution in [1.82, 2.24) is 10.8 Å². The van der Waals surface area contributed by atoms with Crippen LogP contribution < -0.4 is 10.8 Å². The lowest BCUT2D eigenvalue weighted by Gasteiger charge is -2.11. The predicted molar refractivity (Wildman–Crippen MR) is 44.5 cm³/mol. The first-order chi connectivity index (χ1) is 5.72. The van der Waals surface area contributed by atoms with Gasteiger partial charge in [0.1, 0.15) is 6.04 Å². The molecule has 1 amide bonds. The van der Waals surface area contributed by atoms with Crippen molar-refractivity contribution in [3.63, 3.8) is 0 Å². The normalized spacial score (nSPS) is 12.6. The molecule has 0 aliphatic heterocycles. The van der Waals surface area contributed by atoms with E-state index < -0.39 is 0 Å². The SMILES string of the molecule is CNC(=O)C(C)NOCCOC. The summed E-state index contributed by atoms with van der Waals surface area (Å²) in [6, 6.07) is -0.341. The zero-order valence-electron chi connectivity index (χ0n) is 7.72. The molecule has 1 unspecified atom stereocenters. The molecule has 0 radical (unpaired) electrons. The maximum absolute atomic E-state index is 10.9. The zero-order valence-corrected chi connectivity index (χ0v) is 7.72. The first-order valence-electron chi connectivity index (χ1n) is 3.80. The molecule has 0 heterocycles. The quantitative estimate of drug-likeness (QED) is 0.414. The Morgan fingerprint density at radius 1 is 1.50 bits per heavy atom. The summed E-state index contributed by atoms with van der Waals surface area (Å²) >= 11 is 0. The number of carbonyl (C=O) groups is 1. The van der Waals surface area contributed by atoms with Crippen LogP contribution in [0.15, 0.2) is 0 Å². The van der Waals surface area contributed by atoms with E-state index in [2.05, 4.69) is 10.8 Å². The molecule has 0 saturated heterocycles. The molecule has 0 fully saturated rings. The minimum absolute atomic E-state index is 0.104. The lowest BCUT2D eigenvalue weighted by molar-refractivity contribution is -0.126. The first kappa shape index (κ1) is 11.4. The summed E-state index contributed by atoms with van der Waals surface area (Å²) in [5, 5.41) is 2.49. The molecular formula is C7H16N2O3. The van der Waals surface area contributed by atoms with Crippen LogP contribution in [0.4, 0.5) is 0 Å². The average molecular weight is 176 g/mol. The highest BCUT2D eigenvalue weighted by molar-refractivity contribution is 5.80. The van der Waals surface area contributed by atoms with Crippen LogP contribution in [0.5, 0.6) is 0 Å². The summed E-state index contributed by atoms with van der Waals surface area (Å²) < 4.78 is 4.74. The maximum atomic E-state index is 10.9. The number of hydrogen-bond acceptors (Lipinski definition) is 4. The van der Waals surface area contributed by atoms with Crippen LogP contribution in [0.2, 0.25) is 0 Å². The molecule has 0 aliphatic carbocycles. The molecule has 0 rings (SSSR count). The van der Waals surface area contributed by atoms with E-state index in [4.69, 9.17) is 9.57 Å². The Morgan fingerprint density at radius 2 is 2.17 bits per heavy atom. The summed E-state index contributed by atoms with van der Waals surface area (Å²) in [7, 11) is 3.17. The third-order valence-electron chi connectivity index (χ3n) is 1.29. The van der Waals surface area contributed by atoms with Crippen molar-refractivity contribution in [1.29, 1.82) is 0 Å². The molecule has 0 bridgehead atoms. The molecule has 0 saturated carbocycles. The summed E-state index contributed by atoms with van der Waals surface area (Å²) in [5.74, 6) is -0.104. The van der Waals surface area contributed by atoms with Crippen LogP contribution in [0, 0.1) is 0 Å². The lowest BCUT2D eigenvalue weighted by atomic mass is 10.3. The predicted octanol–water partition coefficient (Wildman–Crippen LogP) is -0.711. The molecule has 0 aromatic carbocycles. The molecule has 5 nitrogen and oxygen atoms in total. The van der Waals surface area contributed by atoms with E-state index >= 15 is 0 Å². The van der Waals surface area contributed by atoms with Crippen LogP contribution >= 0.6 is 0 Å². The van der Waals surface area contributed by atoms with Crippen molar-refractivity contribution < 1.29 is 14.4 Å². The number of carbonyl (C=O) groups excluding carboxylic acids is 1. The topological polar surface area (TPSA) is 59.6 Å². The fourth-order valence-electron chi connectivity index (χ4n) is 0.579. The van der Waals surface area contributed by atoms with Crippen LogP contribution in [0.3, 0.4) is 0 Å². The molecule has 0 aromatic rings. The Morgan fingerprint density at radius 3 is 2.67 bits per heavy atom. The average Bonchev–Trinajstić information content (AvgIpc) is 2.10. The first-order valence-corrected chi connectivity index (χ1v) is 3.80. The summed E-state index contributed by atoms with van der Waals surface area (Å²) in [4.78, 5) is 15.8. The molecule has 1 atom stereocenters. The highest BCUT2D eigenvalue weighted by Gasteiger charge is 2.08. The molecule has 5 heteroatoms. The molecule has 0 spiro atoms. The van der Waals surface area contributed by atoms with Crippen LogP contribution in [0.1, 0.15) is 6.92 Å². The van der Waals surface area contributed by atoms with Gasteiger partial charge in [-0.05, 0) is 6.92 Å². The fourth-order valence-corrected chi connectivity index (χ4v) is 0.579. The van der Waals surface area contributed by atoms with Crippen molar-refractivity contribution >= 4 is 5.91 Å². The van der Waals surface area contributed by atoms with Crippen molar-refractivity contribution in [3.05, 3.63) is 0 Å². The van der Waals surface area contributed by atoms with E-state index in [0.29, 0.717) is 13.2 Å². The van der Waals surface area contributed by atoms with Gasteiger partial charge < -0.3 is 10.1 Å². The van der Waals surface area contributed by atoms with Gasteiger partial charge in [0.05, 0.1) is 13.2 Å². The number of ether oxygens (including phenoxy) is 1. The van der Waals surface area contributed by atoms with Gasteiger partial charge in [0.2, 0.25) is 5.91 Å². The third-order valence-corrected chi connectivity index (χ3v) is 1.29. The number of likely N-dealkylation sites (N-methyl/N-ethyl adjacent to an activating group) is 1. The fraction of sp³-hybridized carbons (Fsp3) is 0.857. The van der Waals surface area contributed by atoms with Crippen molar-refractivity contribution in [2.45, 2.75) is 13.0 Å². The van der Waals surface area contributed by atoms with Gasteiger partial charge in [-0.25, -0.2) is 0 Å². The van der Waals surface area contributed by atoms with Crippen LogP contribution in [-0.4, -0.2) is 39.3 Å². The van der Waals surface area contributed by atoms with Gasteiger partial charge in [0.15, 0.2) is 0 Å². The monoisotopic (exact) mass is 176 g/mol. The Kier molecular flexibility index (Phi) is 6.64. The van der Waals surface area contributed by atoms with Crippen LogP contribution in [-0.2, 0) is 14.4 Å². The number of rotatable bonds is 6. The van der Waals surface area contributed by atoms with E-state index in [1.54, 1.807) is 21.1 Å². The van der Waals surface area contributed by atoms with Gasteiger partial charge in [-0.2, -0.15) is 5.48 Å². The Labute approximate surface area is 72.4 Å². The summed E-state index contributed by atoms with van der Waals surface area (Å²) in [6.45, 7) is 2.65. The molecule has 0 aliphatic rings. The molecule has 0 aromatic heterocycles. The maximum Gasteiger partial charge on any atom is 0.238 e. The van der Waals surface area contributed by atoms with Gasteiger partial charge >= 0.3 is 0 Å². The molecule has 72 valence electrons. The Hall–Kier alpha value is -0.650. The second-order valence-corrected chi connectivity index (χ2v) is 2.30. The van der Waals surface area contributed by atoms with Gasteiger partial charge in [-0.1, -0.05) is 0 Å². The van der Waals surface area contributed by atoms with Crippen molar-refractivity contribution in [2.24, 2.45) is 0 Å². The number of hydrogen-bond donors (Lipinski definition) is 2. The number of nitrogens with one attached hydrogen (secondary N) is 2. The molecule has 12 heavy (non-hydrogen) atoms. The zero-order chi connectivity index (χ0) is 9.40. The van der Waals surface area contributed by atoms with Crippen molar-refractivity contribution in [3.8, 4) is 0 Å². The second kappa shape index (κ2) is 7.02. The summed E-state index contributed by atoms with van der Waals surface area (Å²) in [6.07, 6.45) is 0. The Bertz CT molecular complexity index is 130. The van der Waals surface area contributed by atoms with E-state index in [-0.39, 0.29) is 11.9 Å².